The highest BCUT2D eigenvalue weighted by Crippen LogP contribution is 2.32. The number of fused-ring (bicyclic) bond motifs is 1. The summed E-state index contributed by atoms with van der Waals surface area (Å²) in [5, 5.41) is 11.1. The van der Waals surface area contributed by atoms with Crippen LogP contribution in [0.3, 0.4) is 0 Å². The summed E-state index contributed by atoms with van der Waals surface area (Å²) in [5.41, 5.74) is 7.36. The first kappa shape index (κ1) is 9.96. The van der Waals surface area contributed by atoms with Gasteiger partial charge in [0.2, 0.25) is 0 Å². The van der Waals surface area contributed by atoms with Gasteiger partial charge in [-0.1, -0.05) is 15.9 Å². The predicted octanol–water partition coefficient (Wildman–Crippen LogP) is 2.87. The van der Waals surface area contributed by atoms with E-state index < -0.39 is 0 Å². The summed E-state index contributed by atoms with van der Waals surface area (Å²) >= 11 is 5.11. The lowest BCUT2D eigenvalue weighted by atomic mass is 10.1. The number of anilines is 1. The minimum absolute atomic E-state index is 0.0454. The molecule has 0 saturated heterocycles. The molecule has 1 aromatic carbocycles. The van der Waals surface area contributed by atoms with Crippen LogP contribution in [0.1, 0.15) is 10.4 Å². The number of halogens is 1. The molecule has 2 rings (SSSR count). The van der Waals surface area contributed by atoms with Gasteiger partial charge in [-0.05, 0) is 29.1 Å². The van der Waals surface area contributed by atoms with Crippen LogP contribution in [-0.4, -0.2) is 5.11 Å². The molecule has 0 unspecified atom stereocenters. The van der Waals surface area contributed by atoms with Crippen LogP contribution >= 0.6 is 27.3 Å². The van der Waals surface area contributed by atoms with E-state index >= 15 is 0 Å². The molecule has 1 aromatic heterocycles. The number of benzene rings is 1. The molecule has 1 heterocycles. The molecule has 0 radical (unpaired) electrons. The number of aliphatic hydroxyl groups is 1. The second-order valence-corrected chi connectivity index (χ2v) is 4.80. The lowest BCUT2D eigenvalue weighted by Gasteiger charge is -2.00. The normalized spacial score (nSPS) is 11.0. The molecule has 0 fully saturated rings. The maximum atomic E-state index is 9.18. The van der Waals surface area contributed by atoms with Crippen LogP contribution in [0, 0.1) is 0 Å². The van der Waals surface area contributed by atoms with Gasteiger partial charge in [-0.15, -0.1) is 11.3 Å². The Labute approximate surface area is 94.5 Å². The zero-order valence-electron chi connectivity index (χ0n) is 7.46. The Morgan fingerprint density at radius 1 is 1.36 bits per heavy atom. The smallest absolute Gasteiger partial charge is 0.0696 e. The van der Waals surface area contributed by atoms with Crippen molar-refractivity contribution in [2.24, 2.45) is 0 Å². The van der Waals surface area contributed by atoms with Gasteiger partial charge in [0, 0.05) is 20.6 Å². The number of rotatable bonds is 2. The number of hydrogen-bond acceptors (Lipinski definition) is 3. The van der Waals surface area contributed by atoms with Gasteiger partial charge >= 0.3 is 0 Å². The maximum Gasteiger partial charge on any atom is 0.0696 e. The number of hydrogen-bond donors (Lipinski definition) is 2. The molecule has 0 amide bonds. The second kappa shape index (κ2) is 3.88. The lowest BCUT2D eigenvalue weighted by Crippen LogP contribution is -1.88. The summed E-state index contributed by atoms with van der Waals surface area (Å²) < 4.78 is 1.14. The molecular weight excluding hydrogens is 262 g/mol. The molecule has 2 nitrogen and oxygen atoms in total. The van der Waals surface area contributed by atoms with Crippen molar-refractivity contribution in [1.82, 2.24) is 0 Å². The van der Waals surface area contributed by atoms with E-state index in [2.05, 4.69) is 22.0 Å². The second-order valence-electron chi connectivity index (χ2n) is 3.10. The Balaban J connectivity index is 2.71. The van der Waals surface area contributed by atoms with Crippen molar-refractivity contribution in [1.29, 1.82) is 0 Å². The van der Waals surface area contributed by atoms with E-state index in [-0.39, 0.29) is 6.61 Å². The van der Waals surface area contributed by atoms with Crippen LogP contribution in [0.15, 0.2) is 18.2 Å². The zero-order valence-corrected chi connectivity index (χ0v) is 9.86. The van der Waals surface area contributed by atoms with Crippen LogP contribution < -0.4 is 5.73 Å². The fourth-order valence-electron chi connectivity index (χ4n) is 1.49. The molecule has 4 heteroatoms. The Hall–Kier alpha value is -0.580. The highest BCUT2D eigenvalue weighted by molar-refractivity contribution is 9.08. The molecule has 0 saturated carbocycles. The predicted molar refractivity (Wildman–Crippen MR) is 64.8 cm³/mol. The van der Waals surface area contributed by atoms with Crippen molar-refractivity contribution in [3.05, 3.63) is 28.6 Å². The summed E-state index contributed by atoms with van der Waals surface area (Å²) in [6.07, 6.45) is 0. The van der Waals surface area contributed by atoms with Crippen LogP contribution in [0.4, 0.5) is 5.69 Å². The molecule has 0 atom stereocenters. The first-order valence-corrected chi connectivity index (χ1v) is 6.16. The Bertz CT molecular complexity index is 466. The van der Waals surface area contributed by atoms with Crippen molar-refractivity contribution < 1.29 is 5.11 Å². The zero-order chi connectivity index (χ0) is 10.1. The Kier molecular flexibility index (Phi) is 2.76. The molecule has 2 aromatic rings. The molecule has 74 valence electrons. The molecule has 14 heavy (non-hydrogen) atoms. The largest absolute Gasteiger partial charge is 0.399 e. The van der Waals surface area contributed by atoms with E-state index in [4.69, 9.17) is 5.73 Å². The standard InChI is InChI=1S/C10H10BrNOS/c11-4-9-3-6-1-8(12)2-7(5-13)10(6)14-9/h1-3,13H,4-5,12H2. The molecule has 0 bridgehead atoms. The van der Waals surface area contributed by atoms with Gasteiger partial charge in [-0.25, -0.2) is 0 Å². The average Bonchev–Trinajstić information content (AvgIpc) is 2.59. The summed E-state index contributed by atoms with van der Waals surface area (Å²) in [5.74, 6) is 0. The lowest BCUT2D eigenvalue weighted by molar-refractivity contribution is 0.283. The third-order valence-electron chi connectivity index (χ3n) is 2.07. The summed E-state index contributed by atoms with van der Waals surface area (Å²) in [7, 11) is 0. The van der Waals surface area contributed by atoms with Crippen LogP contribution in [0.25, 0.3) is 10.1 Å². The van der Waals surface area contributed by atoms with Crippen molar-refractivity contribution >= 4 is 43.0 Å². The first-order valence-electron chi connectivity index (χ1n) is 4.22. The third kappa shape index (κ3) is 1.65. The molecular formula is C10H10BrNOS. The number of thiophene rings is 1. The highest BCUT2D eigenvalue weighted by atomic mass is 79.9. The first-order chi connectivity index (χ1) is 6.74. The van der Waals surface area contributed by atoms with Gasteiger partial charge in [-0.2, -0.15) is 0 Å². The summed E-state index contributed by atoms with van der Waals surface area (Å²) in [6.45, 7) is 0.0454. The van der Waals surface area contributed by atoms with Crippen molar-refractivity contribution in [3.63, 3.8) is 0 Å². The van der Waals surface area contributed by atoms with E-state index in [9.17, 15) is 5.11 Å². The number of nitrogens with two attached hydrogens (primary N) is 1. The fraction of sp³-hybridized carbons (Fsp3) is 0.200. The van der Waals surface area contributed by atoms with Gasteiger partial charge in [0.15, 0.2) is 0 Å². The summed E-state index contributed by atoms with van der Waals surface area (Å²) in [4.78, 5) is 1.25. The van der Waals surface area contributed by atoms with Crippen molar-refractivity contribution in [2.45, 2.75) is 11.9 Å². The van der Waals surface area contributed by atoms with E-state index in [1.54, 1.807) is 11.3 Å². The maximum absolute atomic E-state index is 9.18. The number of aliphatic hydroxyl groups excluding tert-OH is 1. The number of alkyl halides is 1. The van der Waals surface area contributed by atoms with Crippen LogP contribution in [0.5, 0.6) is 0 Å². The van der Waals surface area contributed by atoms with E-state index in [1.165, 1.54) is 4.88 Å². The van der Waals surface area contributed by atoms with Gasteiger partial charge in [0.25, 0.3) is 0 Å². The average molecular weight is 272 g/mol. The van der Waals surface area contributed by atoms with E-state index in [1.807, 2.05) is 12.1 Å². The van der Waals surface area contributed by atoms with Gasteiger partial charge in [0.05, 0.1) is 6.61 Å². The van der Waals surface area contributed by atoms with Crippen molar-refractivity contribution in [2.75, 3.05) is 5.73 Å². The minimum atomic E-state index is 0.0454. The molecule has 0 spiro atoms. The van der Waals surface area contributed by atoms with E-state index in [0.29, 0.717) is 5.69 Å². The fourth-order valence-corrected chi connectivity index (χ4v) is 2.99. The quantitative estimate of drug-likeness (QED) is 0.652. The minimum Gasteiger partial charge on any atom is -0.399 e. The van der Waals surface area contributed by atoms with Gasteiger partial charge < -0.3 is 10.8 Å². The number of nitrogen functional groups attached to an aromatic ring is 1. The third-order valence-corrected chi connectivity index (χ3v) is 4.27. The monoisotopic (exact) mass is 271 g/mol. The van der Waals surface area contributed by atoms with Crippen LogP contribution in [0.2, 0.25) is 0 Å². The molecule has 0 aliphatic heterocycles. The molecule has 0 aliphatic carbocycles. The molecule has 3 N–H and O–H groups in total. The topological polar surface area (TPSA) is 46.2 Å². The Morgan fingerprint density at radius 2 is 2.14 bits per heavy atom. The van der Waals surface area contributed by atoms with Crippen LogP contribution in [-0.2, 0) is 11.9 Å². The Morgan fingerprint density at radius 3 is 2.79 bits per heavy atom. The van der Waals surface area contributed by atoms with E-state index in [0.717, 1.165) is 21.0 Å². The van der Waals surface area contributed by atoms with Gasteiger partial charge in [-0.3, -0.25) is 0 Å². The molecule has 0 aliphatic rings. The van der Waals surface area contributed by atoms with Crippen molar-refractivity contribution in [3.8, 4) is 0 Å². The highest BCUT2D eigenvalue weighted by Gasteiger charge is 2.06. The van der Waals surface area contributed by atoms with Gasteiger partial charge in [0.1, 0.15) is 0 Å². The summed E-state index contributed by atoms with van der Waals surface area (Å²) in [6, 6.07) is 5.87. The SMILES string of the molecule is Nc1cc(CO)c2sc(CBr)cc2c1.